The van der Waals surface area contributed by atoms with Gasteiger partial charge in [-0.2, -0.15) is 0 Å². The lowest BCUT2D eigenvalue weighted by Crippen LogP contribution is -2.42. The monoisotopic (exact) mass is 334 g/mol. The molecule has 2 atom stereocenters. The van der Waals surface area contributed by atoms with E-state index in [9.17, 15) is 5.11 Å². The van der Waals surface area contributed by atoms with E-state index in [4.69, 9.17) is 4.74 Å². The summed E-state index contributed by atoms with van der Waals surface area (Å²) in [7, 11) is 0. The van der Waals surface area contributed by atoms with E-state index in [1.54, 1.807) is 12.4 Å². The van der Waals surface area contributed by atoms with Gasteiger partial charge in [0.1, 0.15) is 12.4 Å². The van der Waals surface area contributed by atoms with Crippen LogP contribution in [0.5, 0.6) is 5.75 Å². The SMILES string of the molecule is CCNC(=NCC1(C)CCCCC1O)NCCOc1cccnc1. The molecule has 1 saturated carbocycles. The third-order valence-corrected chi connectivity index (χ3v) is 4.52. The molecule has 2 unspecified atom stereocenters. The molecule has 24 heavy (non-hydrogen) atoms. The predicted octanol–water partition coefficient (Wildman–Crippen LogP) is 1.96. The van der Waals surface area contributed by atoms with Gasteiger partial charge in [-0.3, -0.25) is 9.98 Å². The fourth-order valence-corrected chi connectivity index (χ4v) is 2.94. The van der Waals surface area contributed by atoms with Crippen molar-refractivity contribution in [3.63, 3.8) is 0 Å². The summed E-state index contributed by atoms with van der Waals surface area (Å²) >= 11 is 0. The standard InChI is InChI=1S/C18H30N4O2/c1-3-20-17(21-11-12-24-15-7-6-10-19-13-15)22-14-18(2)9-5-4-8-16(18)23/h6-7,10,13,16,23H,3-5,8-9,11-12,14H2,1-2H3,(H2,20,21,22). The summed E-state index contributed by atoms with van der Waals surface area (Å²) in [6.07, 6.45) is 7.37. The molecule has 0 aliphatic heterocycles. The first-order valence-corrected chi connectivity index (χ1v) is 8.87. The molecule has 1 aromatic heterocycles. The summed E-state index contributed by atoms with van der Waals surface area (Å²) in [6, 6.07) is 3.74. The molecule has 6 heteroatoms. The molecule has 0 amide bonds. The molecule has 134 valence electrons. The number of ether oxygens (including phenoxy) is 1. The van der Waals surface area contributed by atoms with E-state index in [0.29, 0.717) is 19.7 Å². The van der Waals surface area contributed by atoms with Crippen LogP contribution in [-0.2, 0) is 0 Å². The molecular formula is C18H30N4O2. The maximum absolute atomic E-state index is 10.3. The molecule has 1 aromatic rings. The fourth-order valence-electron chi connectivity index (χ4n) is 2.94. The number of aliphatic hydroxyl groups excluding tert-OH is 1. The van der Waals surface area contributed by atoms with E-state index in [2.05, 4.69) is 27.5 Å². The van der Waals surface area contributed by atoms with Crippen LogP contribution in [0, 0.1) is 5.41 Å². The van der Waals surface area contributed by atoms with Crippen molar-refractivity contribution in [2.75, 3.05) is 26.2 Å². The normalized spacial score (nSPS) is 24.5. The van der Waals surface area contributed by atoms with E-state index in [1.165, 1.54) is 6.42 Å². The average molecular weight is 334 g/mol. The minimum atomic E-state index is -0.258. The van der Waals surface area contributed by atoms with Crippen LogP contribution in [0.15, 0.2) is 29.5 Å². The molecule has 0 bridgehead atoms. The number of nitrogens with one attached hydrogen (secondary N) is 2. The second-order valence-electron chi connectivity index (χ2n) is 6.57. The molecule has 6 nitrogen and oxygen atoms in total. The molecule has 3 N–H and O–H groups in total. The van der Waals surface area contributed by atoms with Gasteiger partial charge in [-0.05, 0) is 31.9 Å². The number of nitrogens with zero attached hydrogens (tertiary/aromatic N) is 2. The second-order valence-corrected chi connectivity index (χ2v) is 6.57. The van der Waals surface area contributed by atoms with Crippen LogP contribution in [-0.4, -0.2) is 48.4 Å². The Morgan fingerprint density at radius 1 is 1.46 bits per heavy atom. The van der Waals surface area contributed by atoms with Crippen LogP contribution in [0.1, 0.15) is 39.5 Å². The van der Waals surface area contributed by atoms with Gasteiger partial charge < -0.3 is 20.5 Å². The summed E-state index contributed by atoms with van der Waals surface area (Å²) in [5.74, 6) is 1.53. The lowest BCUT2D eigenvalue weighted by atomic mass is 9.73. The van der Waals surface area contributed by atoms with Crippen LogP contribution >= 0.6 is 0 Å². The molecular weight excluding hydrogens is 304 g/mol. The number of aliphatic hydroxyl groups is 1. The van der Waals surface area contributed by atoms with Crippen molar-refractivity contribution in [3.05, 3.63) is 24.5 Å². The number of hydrogen-bond donors (Lipinski definition) is 3. The summed E-state index contributed by atoms with van der Waals surface area (Å²) in [5, 5.41) is 16.8. The van der Waals surface area contributed by atoms with E-state index in [-0.39, 0.29) is 11.5 Å². The summed E-state index contributed by atoms with van der Waals surface area (Å²) in [4.78, 5) is 8.69. The first-order chi connectivity index (χ1) is 11.6. The van der Waals surface area contributed by atoms with Crippen molar-refractivity contribution >= 4 is 5.96 Å². The Kier molecular flexibility index (Phi) is 7.31. The average Bonchev–Trinajstić information content (AvgIpc) is 2.60. The number of pyridine rings is 1. The molecule has 1 fully saturated rings. The van der Waals surface area contributed by atoms with Gasteiger partial charge in [0.15, 0.2) is 5.96 Å². The van der Waals surface area contributed by atoms with Gasteiger partial charge in [0.05, 0.1) is 25.4 Å². The zero-order valence-electron chi connectivity index (χ0n) is 14.8. The lowest BCUT2D eigenvalue weighted by Gasteiger charge is -2.37. The Labute approximate surface area is 144 Å². The van der Waals surface area contributed by atoms with Crippen LogP contribution in [0.25, 0.3) is 0 Å². The van der Waals surface area contributed by atoms with E-state index >= 15 is 0 Å². The summed E-state index contributed by atoms with van der Waals surface area (Å²) in [5.41, 5.74) is -0.118. The Balaban J connectivity index is 1.79. The van der Waals surface area contributed by atoms with E-state index in [0.717, 1.165) is 37.5 Å². The van der Waals surface area contributed by atoms with Crippen molar-refractivity contribution in [1.82, 2.24) is 15.6 Å². The molecule has 1 heterocycles. The Morgan fingerprint density at radius 2 is 2.33 bits per heavy atom. The van der Waals surface area contributed by atoms with E-state index in [1.807, 2.05) is 19.1 Å². The van der Waals surface area contributed by atoms with Gasteiger partial charge in [-0.25, -0.2) is 0 Å². The highest BCUT2D eigenvalue weighted by molar-refractivity contribution is 5.79. The molecule has 0 spiro atoms. The Hall–Kier alpha value is -1.82. The lowest BCUT2D eigenvalue weighted by molar-refractivity contribution is 0.00716. The smallest absolute Gasteiger partial charge is 0.191 e. The zero-order chi connectivity index (χ0) is 17.3. The van der Waals surface area contributed by atoms with Crippen molar-refractivity contribution < 1.29 is 9.84 Å². The number of guanidine groups is 1. The molecule has 0 aromatic carbocycles. The largest absolute Gasteiger partial charge is 0.490 e. The van der Waals surface area contributed by atoms with Gasteiger partial charge in [0.25, 0.3) is 0 Å². The van der Waals surface area contributed by atoms with Crippen LogP contribution < -0.4 is 15.4 Å². The highest BCUT2D eigenvalue weighted by Gasteiger charge is 2.35. The van der Waals surface area contributed by atoms with Gasteiger partial charge >= 0.3 is 0 Å². The zero-order valence-corrected chi connectivity index (χ0v) is 14.8. The summed E-state index contributed by atoms with van der Waals surface area (Å²) < 4.78 is 5.62. The van der Waals surface area contributed by atoms with Gasteiger partial charge in [0, 0.05) is 18.2 Å². The van der Waals surface area contributed by atoms with Gasteiger partial charge in [-0.15, -0.1) is 0 Å². The summed E-state index contributed by atoms with van der Waals surface area (Å²) in [6.45, 7) is 6.80. The van der Waals surface area contributed by atoms with Crippen molar-refractivity contribution in [2.24, 2.45) is 10.4 Å². The molecule has 0 radical (unpaired) electrons. The highest BCUT2D eigenvalue weighted by atomic mass is 16.5. The van der Waals surface area contributed by atoms with E-state index < -0.39 is 0 Å². The first kappa shape index (κ1) is 18.5. The van der Waals surface area contributed by atoms with Crippen molar-refractivity contribution in [1.29, 1.82) is 0 Å². The Bertz CT molecular complexity index is 509. The van der Waals surface area contributed by atoms with Gasteiger partial charge in [0.2, 0.25) is 0 Å². The molecule has 2 rings (SSSR count). The maximum Gasteiger partial charge on any atom is 0.191 e. The van der Waals surface area contributed by atoms with Crippen molar-refractivity contribution in [3.8, 4) is 5.75 Å². The predicted molar refractivity (Wildman–Crippen MR) is 96.3 cm³/mol. The van der Waals surface area contributed by atoms with Crippen molar-refractivity contribution in [2.45, 2.75) is 45.6 Å². The topological polar surface area (TPSA) is 78.8 Å². The second kappa shape index (κ2) is 9.47. The third kappa shape index (κ3) is 5.67. The van der Waals surface area contributed by atoms with Crippen LogP contribution in [0.3, 0.4) is 0 Å². The number of hydrogen-bond acceptors (Lipinski definition) is 4. The quantitative estimate of drug-likeness (QED) is 0.404. The minimum absolute atomic E-state index is 0.118. The number of aliphatic imine (C=N–C) groups is 1. The molecule has 1 aliphatic carbocycles. The van der Waals surface area contributed by atoms with Crippen LogP contribution in [0.2, 0.25) is 0 Å². The maximum atomic E-state index is 10.3. The van der Waals surface area contributed by atoms with Gasteiger partial charge in [-0.1, -0.05) is 19.8 Å². The highest BCUT2D eigenvalue weighted by Crippen LogP contribution is 2.36. The number of rotatable bonds is 7. The minimum Gasteiger partial charge on any atom is -0.490 e. The number of aromatic nitrogens is 1. The third-order valence-electron chi connectivity index (χ3n) is 4.52. The molecule has 0 saturated heterocycles. The Morgan fingerprint density at radius 3 is 3.04 bits per heavy atom. The first-order valence-electron chi connectivity index (χ1n) is 8.87. The van der Waals surface area contributed by atoms with Crippen LogP contribution in [0.4, 0.5) is 0 Å². The fraction of sp³-hybridized carbons (Fsp3) is 0.667. The molecule has 1 aliphatic rings.